The molecular weight excluding hydrogens is 338 g/mol. The third-order valence-corrected chi connectivity index (χ3v) is 5.35. The van der Waals surface area contributed by atoms with Crippen LogP contribution in [0.2, 0.25) is 0 Å². The number of anilines is 1. The lowest BCUT2D eigenvalue weighted by molar-refractivity contribution is 0.250. The third kappa shape index (κ3) is 3.55. The Morgan fingerprint density at radius 3 is 2.52 bits per heavy atom. The normalized spacial score (nSPS) is 15.3. The van der Waals surface area contributed by atoms with E-state index in [4.69, 9.17) is 4.74 Å². The van der Waals surface area contributed by atoms with Gasteiger partial charge < -0.3 is 14.7 Å². The zero-order valence-corrected chi connectivity index (χ0v) is 15.9. The molecule has 0 bridgehead atoms. The third-order valence-electron chi connectivity index (χ3n) is 5.35. The van der Waals surface area contributed by atoms with E-state index in [-0.39, 0.29) is 0 Å². The van der Waals surface area contributed by atoms with Crippen molar-refractivity contribution in [1.82, 2.24) is 9.88 Å². The fourth-order valence-electron chi connectivity index (χ4n) is 3.78. The predicted octanol–water partition coefficient (Wildman–Crippen LogP) is 3.58. The Balaban J connectivity index is 1.46. The van der Waals surface area contributed by atoms with E-state index in [0.717, 1.165) is 49.4 Å². The lowest BCUT2D eigenvalue weighted by Crippen LogP contribution is -2.46. The fraction of sp³-hybridized carbons (Fsp3) is 0.318. The van der Waals surface area contributed by atoms with Crippen molar-refractivity contribution in [1.29, 1.82) is 0 Å². The number of methoxy groups -OCH3 is 1. The van der Waals surface area contributed by atoms with Crippen LogP contribution in [0.1, 0.15) is 11.1 Å². The smallest absolute Gasteiger partial charge is 0.144 e. The van der Waals surface area contributed by atoms with Crippen molar-refractivity contribution >= 4 is 16.6 Å². The van der Waals surface area contributed by atoms with Crippen molar-refractivity contribution in [2.45, 2.75) is 13.5 Å². The number of fused-ring (bicyclic) bond motifs is 1. The van der Waals surface area contributed by atoms with Gasteiger partial charge in [0.1, 0.15) is 17.0 Å². The summed E-state index contributed by atoms with van der Waals surface area (Å²) in [6.07, 6.45) is 1.74. The molecule has 0 saturated carbocycles. The van der Waals surface area contributed by atoms with Crippen LogP contribution in [-0.2, 0) is 6.54 Å². The van der Waals surface area contributed by atoms with E-state index >= 15 is 0 Å². The van der Waals surface area contributed by atoms with Crippen LogP contribution < -0.4 is 9.64 Å². The van der Waals surface area contributed by atoms with Gasteiger partial charge in [-0.2, -0.15) is 0 Å². The lowest BCUT2D eigenvalue weighted by atomic mass is 10.0. The zero-order valence-electron chi connectivity index (χ0n) is 15.9. The molecule has 0 unspecified atom stereocenters. The molecule has 2 heterocycles. The monoisotopic (exact) mass is 363 g/mol. The summed E-state index contributed by atoms with van der Waals surface area (Å²) in [6.45, 7) is 6.83. The van der Waals surface area contributed by atoms with Crippen LogP contribution in [0.25, 0.3) is 10.9 Å². The fourth-order valence-corrected chi connectivity index (χ4v) is 3.78. The Labute approximate surface area is 159 Å². The number of aromatic hydroxyl groups is 1. The van der Waals surface area contributed by atoms with E-state index in [2.05, 4.69) is 33.0 Å². The van der Waals surface area contributed by atoms with Gasteiger partial charge in [0.25, 0.3) is 0 Å². The number of ether oxygens (including phenoxy) is 1. The van der Waals surface area contributed by atoms with E-state index in [1.807, 2.05) is 31.2 Å². The quantitative estimate of drug-likeness (QED) is 0.768. The molecule has 1 saturated heterocycles. The Morgan fingerprint density at radius 1 is 1.07 bits per heavy atom. The molecule has 0 spiro atoms. The highest BCUT2D eigenvalue weighted by molar-refractivity contribution is 5.88. The highest BCUT2D eigenvalue weighted by Crippen LogP contribution is 2.30. The first-order valence-corrected chi connectivity index (χ1v) is 9.33. The standard InChI is InChI=1S/C22H25N3O2/c1-16-14-17(20-4-3-9-23-21(20)22(16)26)15-24-10-12-25(13-11-24)18-5-7-19(27-2)8-6-18/h3-9,14,26H,10-13,15H2,1-2H3. The van der Waals surface area contributed by atoms with E-state index in [0.29, 0.717) is 11.3 Å². The van der Waals surface area contributed by atoms with Gasteiger partial charge in [-0.25, -0.2) is 0 Å². The van der Waals surface area contributed by atoms with Crippen LogP contribution >= 0.6 is 0 Å². The number of aromatic nitrogens is 1. The molecule has 1 aliphatic heterocycles. The maximum Gasteiger partial charge on any atom is 0.144 e. The van der Waals surface area contributed by atoms with Crippen LogP contribution in [-0.4, -0.2) is 48.3 Å². The second-order valence-corrected chi connectivity index (χ2v) is 7.06. The second-order valence-electron chi connectivity index (χ2n) is 7.06. The van der Waals surface area contributed by atoms with Gasteiger partial charge in [0, 0.05) is 50.0 Å². The number of hydrogen-bond donors (Lipinski definition) is 1. The van der Waals surface area contributed by atoms with Crippen molar-refractivity contribution in [3.8, 4) is 11.5 Å². The molecule has 27 heavy (non-hydrogen) atoms. The molecule has 2 aromatic carbocycles. The topological polar surface area (TPSA) is 48.8 Å². The van der Waals surface area contributed by atoms with Gasteiger partial charge in [-0.1, -0.05) is 12.1 Å². The molecule has 140 valence electrons. The number of nitrogens with zero attached hydrogens (tertiary/aromatic N) is 3. The molecule has 5 heteroatoms. The van der Waals surface area contributed by atoms with Gasteiger partial charge >= 0.3 is 0 Å². The van der Waals surface area contributed by atoms with Gasteiger partial charge in [-0.15, -0.1) is 0 Å². The van der Waals surface area contributed by atoms with Crippen LogP contribution in [0.4, 0.5) is 5.69 Å². The maximum absolute atomic E-state index is 10.3. The van der Waals surface area contributed by atoms with Gasteiger partial charge in [0.05, 0.1) is 7.11 Å². The molecule has 4 rings (SSSR count). The summed E-state index contributed by atoms with van der Waals surface area (Å²) >= 11 is 0. The molecule has 1 N–H and O–H groups in total. The summed E-state index contributed by atoms with van der Waals surface area (Å²) in [6, 6.07) is 14.3. The molecule has 5 nitrogen and oxygen atoms in total. The summed E-state index contributed by atoms with van der Waals surface area (Å²) < 4.78 is 5.24. The Bertz CT molecular complexity index is 932. The number of rotatable bonds is 4. The first-order chi connectivity index (χ1) is 13.2. The summed E-state index contributed by atoms with van der Waals surface area (Å²) in [4.78, 5) is 9.26. The molecule has 0 radical (unpaired) electrons. The van der Waals surface area contributed by atoms with E-state index in [1.165, 1.54) is 11.3 Å². The molecule has 1 fully saturated rings. The largest absolute Gasteiger partial charge is 0.505 e. The lowest BCUT2D eigenvalue weighted by Gasteiger charge is -2.36. The number of phenols is 1. The Morgan fingerprint density at radius 2 is 1.81 bits per heavy atom. The second kappa shape index (κ2) is 7.45. The summed E-state index contributed by atoms with van der Waals surface area (Å²) in [5.41, 5.74) is 4.05. The average molecular weight is 363 g/mol. The van der Waals surface area contributed by atoms with E-state index < -0.39 is 0 Å². The van der Waals surface area contributed by atoms with Gasteiger partial charge in [-0.05, 0) is 48.4 Å². The van der Waals surface area contributed by atoms with Crippen molar-refractivity contribution in [3.63, 3.8) is 0 Å². The van der Waals surface area contributed by atoms with Crippen molar-refractivity contribution in [2.24, 2.45) is 0 Å². The van der Waals surface area contributed by atoms with E-state index in [1.54, 1.807) is 13.3 Å². The van der Waals surface area contributed by atoms with Gasteiger partial charge in [-0.3, -0.25) is 9.88 Å². The summed E-state index contributed by atoms with van der Waals surface area (Å²) in [7, 11) is 1.69. The summed E-state index contributed by atoms with van der Waals surface area (Å²) in [5, 5.41) is 11.3. The molecule has 1 aliphatic rings. The highest BCUT2D eigenvalue weighted by atomic mass is 16.5. The van der Waals surface area contributed by atoms with Crippen LogP contribution in [0.5, 0.6) is 11.5 Å². The predicted molar refractivity (Wildman–Crippen MR) is 109 cm³/mol. The minimum absolute atomic E-state index is 0.290. The molecule has 0 amide bonds. The number of benzene rings is 2. The maximum atomic E-state index is 10.3. The molecule has 1 aromatic heterocycles. The SMILES string of the molecule is COc1ccc(N2CCN(Cc3cc(C)c(O)c4ncccc34)CC2)cc1. The highest BCUT2D eigenvalue weighted by Gasteiger charge is 2.19. The van der Waals surface area contributed by atoms with Crippen molar-refractivity contribution in [3.05, 3.63) is 59.8 Å². The molecular formula is C22H25N3O2. The molecule has 3 aromatic rings. The van der Waals surface area contributed by atoms with Crippen molar-refractivity contribution < 1.29 is 9.84 Å². The minimum Gasteiger partial charge on any atom is -0.505 e. The van der Waals surface area contributed by atoms with E-state index in [9.17, 15) is 5.11 Å². The molecule has 0 aliphatic carbocycles. The number of pyridine rings is 1. The van der Waals surface area contributed by atoms with Crippen LogP contribution in [0.3, 0.4) is 0 Å². The van der Waals surface area contributed by atoms with Crippen LogP contribution in [0.15, 0.2) is 48.7 Å². The van der Waals surface area contributed by atoms with Gasteiger partial charge in [0.15, 0.2) is 0 Å². The minimum atomic E-state index is 0.290. The van der Waals surface area contributed by atoms with Crippen LogP contribution in [0, 0.1) is 6.92 Å². The Hall–Kier alpha value is -2.79. The van der Waals surface area contributed by atoms with Gasteiger partial charge in [0.2, 0.25) is 0 Å². The Kier molecular flexibility index (Phi) is 4.86. The average Bonchev–Trinajstić information content (AvgIpc) is 2.72. The summed E-state index contributed by atoms with van der Waals surface area (Å²) in [5.74, 6) is 1.18. The first kappa shape index (κ1) is 17.6. The number of aryl methyl sites for hydroxylation is 1. The first-order valence-electron chi connectivity index (χ1n) is 9.33. The number of piperazine rings is 1. The molecule has 0 atom stereocenters. The van der Waals surface area contributed by atoms with Crippen molar-refractivity contribution in [2.75, 3.05) is 38.2 Å². The number of phenolic OH excluding ortho intramolecular Hbond substituents is 1. The number of hydrogen-bond acceptors (Lipinski definition) is 5. The zero-order chi connectivity index (χ0) is 18.8.